The van der Waals surface area contributed by atoms with E-state index in [0.29, 0.717) is 5.56 Å². The van der Waals surface area contributed by atoms with E-state index in [1.807, 2.05) is 0 Å². The van der Waals surface area contributed by atoms with Gasteiger partial charge in [0.25, 0.3) is 5.69 Å². The summed E-state index contributed by atoms with van der Waals surface area (Å²) in [6.07, 6.45) is 0. The second-order valence-electron chi connectivity index (χ2n) is 4.38. The molecular formula is C14H13NO5S. The highest BCUT2D eigenvalue weighted by Gasteiger charge is 2.28. The molecule has 0 aliphatic rings. The fourth-order valence-corrected chi connectivity index (χ4v) is 3.54. The van der Waals surface area contributed by atoms with Crippen LogP contribution in [0, 0.1) is 10.1 Å². The number of hydrogen-bond donors (Lipinski definition) is 1. The molecule has 0 radical (unpaired) electrons. The van der Waals surface area contributed by atoms with Gasteiger partial charge in [-0.2, -0.15) is 0 Å². The van der Waals surface area contributed by atoms with Gasteiger partial charge < -0.3 is 5.11 Å². The Labute approximate surface area is 121 Å². The van der Waals surface area contributed by atoms with Gasteiger partial charge in [-0.15, -0.1) is 0 Å². The molecule has 1 atom stereocenters. The minimum atomic E-state index is -3.76. The van der Waals surface area contributed by atoms with Crippen LogP contribution >= 0.6 is 0 Å². The highest BCUT2D eigenvalue weighted by molar-refractivity contribution is 7.91. The number of benzene rings is 2. The zero-order valence-corrected chi connectivity index (χ0v) is 11.7. The average Bonchev–Trinajstić information content (AvgIpc) is 2.49. The maximum Gasteiger partial charge on any atom is 0.269 e. The van der Waals surface area contributed by atoms with Gasteiger partial charge in [0.2, 0.25) is 0 Å². The largest absolute Gasteiger partial charge is 0.395 e. The quantitative estimate of drug-likeness (QED) is 0.674. The maximum atomic E-state index is 12.5. The second-order valence-corrected chi connectivity index (χ2v) is 6.51. The van der Waals surface area contributed by atoms with Crippen LogP contribution in [0.25, 0.3) is 0 Å². The fraction of sp³-hybridized carbons (Fsp3) is 0.143. The molecule has 0 saturated carbocycles. The van der Waals surface area contributed by atoms with Crippen molar-refractivity contribution in [2.75, 3.05) is 6.61 Å². The average molecular weight is 307 g/mol. The minimum Gasteiger partial charge on any atom is -0.395 e. The first kappa shape index (κ1) is 15.1. The zero-order chi connectivity index (χ0) is 15.5. The van der Waals surface area contributed by atoms with Crippen LogP contribution in [-0.2, 0) is 9.84 Å². The number of nitrogens with zero attached hydrogens (tertiary/aromatic N) is 1. The van der Waals surface area contributed by atoms with Gasteiger partial charge in [0, 0.05) is 12.1 Å². The van der Waals surface area contributed by atoms with Crippen molar-refractivity contribution in [3.8, 4) is 0 Å². The summed E-state index contributed by atoms with van der Waals surface area (Å²) in [6.45, 7) is -0.602. The molecule has 0 spiro atoms. The molecule has 1 unspecified atom stereocenters. The predicted octanol–water partition coefficient (Wildman–Crippen LogP) is 2.10. The van der Waals surface area contributed by atoms with Crippen molar-refractivity contribution in [2.45, 2.75) is 10.1 Å². The van der Waals surface area contributed by atoms with Crippen molar-refractivity contribution in [3.63, 3.8) is 0 Å². The molecule has 2 aromatic rings. The van der Waals surface area contributed by atoms with Crippen molar-refractivity contribution in [3.05, 3.63) is 70.3 Å². The number of rotatable bonds is 5. The van der Waals surface area contributed by atoms with Crippen LogP contribution in [0.1, 0.15) is 10.8 Å². The number of sulfone groups is 1. The van der Waals surface area contributed by atoms with E-state index >= 15 is 0 Å². The predicted molar refractivity (Wildman–Crippen MR) is 76.6 cm³/mol. The van der Waals surface area contributed by atoms with Crippen LogP contribution in [0.5, 0.6) is 0 Å². The van der Waals surface area contributed by atoms with Crippen LogP contribution in [0.2, 0.25) is 0 Å². The molecule has 0 aromatic heterocycles. The Morgan fingerprint density at radius 1 is 1.05 bits per heavy atom. The van der Waals surface area contributed by atoms with Gasteiger partial charge in [-0.3, -0.25) is 10.1 Å². The molecule has 0 saturated heterocycles. The van der Waals surface area contributed by atoms with Gasteiger partial charge in [0.05, 0.1) is 16.4 Å². The molecule has 2 rings (SSSR count). The number of aliphatic hydroxyl groups excluding tert-OH is 1. The third-order valence-electron chi connectivity index (χ3n) is 3.09. The lowest BCUT2D eigenvalue weighted by Crippen LogP contribution is -2.17. The molecule has 1 N–H and O–H groups in total. The third kappa shape index (κ3) is 3.09. The van der Waals surface area contributed by atoms with Crippen molar-refractivity contribution < 1.29 is 18.4 Å². The van der Waals surface area contributed by atoms with Crippen molar-refractivity contribution in [2.24, 2.45) is 0 Å². The fourth-order valence-electron chi connectivity index (χ4n) is 1.97. The molecule has 0 bridgehead atoms. The Kier molecular flexibility index (Phi) is 4.35. The summed E-state index contributed by atoms with van der Waals surface area (Å²) in [5.41, 5.74) is 0.180. The van der Waals surface area contributed by atoms with E-state index in [1.54, 1.807) is 18.2 Å². The summed E-state index contributed by atoms with van der Waals surface area (Å²) >= 11 is 0. The van der Waals surface area contributed by atoms with Crippen LogP contribution in [0.15, 0.2) is 59.5 Å². The Morgan fingerprint density at radius 3 is 2.10 bits per heavy atom. The highest BCUT2D eigenvalue weighted by atomic mass is 32.2. The first-order valence-electron chi connectivity index (χ1n) is 6.11. The van der Waals surface area contributed by atoms with E-state index in [9.17, 15) is 23.6 Å². The van der Waals surface area contributed by atoms with E-state index < -0.39 is 26.6 Å². The number of nitro groups is 1. The monoisotopic (exact) mass is 307 g/mol. The summed E-state index contributed by atoms with van der Waals surface area (Å²) in [6, 6.07) is 12.9. The minimum absolute atomic E-state index is 0.0994. The Hall–Kier alpha value is -2.25. The first-order valence-corrected chi connectivity index (χ1v) is 7.65. The van der Waals surface area contributed by atoms with Gasteiger partial charge in [-0.05, 0) is 17.7 Å². The van der Waals surface area contributed by atoms with Crippen LogP contribution < -0.4 is 0 Å². The Bertz CT molecular complexity index is 726. The molecule has 0 aliphatic heterocycles. The first-order chi connectivity index (χ1) is 9.96. The van der Waals surface area contributed by atoms with Gasteiger partial charge in [0.1, 0.15) is 5.25 Å². The zero-order valence-electron chi connectivity index (χ0n) is 10.9. The molecular weight excluding hydrogens is 294 g/mol. The van der Waals surface area contributed by atoms with E-state index in [0.717, 1.165) is 0 Å². The SMILES string of the molecule is O=[N+]([O-])c1ccc(C(CO)S(=O)(=O)c2ccccc2)cc1. The number of nitro benzene ring substituents is 1. The summed E-state index contributed by atoms with van der Waals surface area (Å²) in [5, 5.41) is 18.9. The van der Waals surface area contributed by atoms with Crippen molar-refractivity contribution >= 4 is 15.5 Å². The third-order valence-corrected chi connectivity index (χ3v) is 5.19. The van der Waals surface area contributed by atoms with Gasteiger partial charge in [-0.1, -0.05) is 30.3 Å². The lowest BCUT2D eigenvalue weighted by atomic mass is 10.1. The molecule has 0 fully saturated rings. The standard InChI is InChI=1S/C14H13NO5S/c16-10-14(11-6-8-12(9-7-11)15(17)18)21(19,20)13-4-2-1-3-5-13/h1-9,14,16H,10H2. The van der Waals surface area contributed by atoms with Gasteiger partial charge in [-0.25, -0.2) is 8.42 Å². The maximum absolute atomic E-state index is 12.5. The topological polar surface area (TPSA) is 97.5 Å². The summed E-state index contributed by atoms with van der Waals surface area (Å²) in [5.74, 6) is 0. The number of non-ortho nitro benzene ring substituents is 1. The van der Waals surface area contributed by atoms with Crippen LogP contribution in [0.4, 0.5) is 5.69 Å². The molecule has 110 valence electrons. The highest BCUT2D eigenvalue weighted by Crippen LogP contribution is 2.29. The number of aliphatic hydroxyl groups is 1. The molecule has 0 heterocycles. The molecule has 0 amide bonds. The van der Waals surface area contributed by atoms with Crippen molar-refractivity contribution in [1.82, 2.24) is 0 Å². The smallest absolute Gasteiger partial charge is 0.269 e. The van der Waals surface area contributed by atoms with E-state index in [-0.39, 0.29) is 10.6 Å². The Balaban J connectivity index is 2.42. The van der Waals surface area contributed by atoms with Crippen LogP contribution in [0.3, 0.4) is 0 Å². The van der Waals surface area contributed by atoms with E-state index in [1.165, 1.54) is 36.4 Å². The molecule has 2 aromatic carbocycles. The van der Waals surface area contributed by atoms with E-state index in [2.05, 4.69) is 0 Å². The lowest BCUT2D eigenvalue weighted by molar-refractivity contribution is -0.384. The summed E-state index contributed by atoms with van der Waals surface area (Å²) in [7, 11) is -3.76. The van der Waals surface area contributed by atoms with Crippen molar-refractivity contribution in [1.29, 1.82) is 0 Å². The van der Waals surface area contributed by atoms with E-state index in [4.69, 9.17) is 0 Å². The van der Waals surface area contributed by atoms with Gasteiger partial charge >= 0.3 is 0 Å². The second kappa shape index (κ2) is 6.02. The normalized spacial score (nSPS) is 12.8. The molecule has 6 nitrogen and oxygen atoms in total. The molecule has 7 heteroatoms. The molecule has 0 aliphatic carbocycles. The lowest BCUT2D eigenvalue weighted by Gasteiger charge is -2.15. The Morgan fingerprint density at radius 2 is 1.62 bits per heavy atom. The van der Waals surface area contributed by atoms with Crippen LogP contribution in [-0.4, -0.2) is 25.1 Å². The summed E-state index contributed by atoms with van der Waals surface area (Å²) < 4.78 is 25.0. The summed E-state index contributed by atoms with van der Waals surface area (Å²) in [4.78, 5) is 10.1. The number of hydrogen-bond acceptors (Lipinski definition) is 5. The van der Waals surface area contributed by atoms with Gasteiger partial charge in [0.15, 0.2) is 9.84 Å². The molecule has 21 heavy (non-hydrogen) atoms.